The van der Waals surface area contributed by atoms with Crippen LogP contribution in [0.2, 0.25) is 0 Å². The molecule has 1 N–H and O–H groups in total. The Kier molecular flexibility index (Phi) is 6.16. The average Bonchev–Trinajstić information content (AvgIpc) is 2.35. The van der Waals surface area contributed by atoms with E-state index in [1.807, 2.05) is 31.2 Å². The van der Waals surface area contributed by atoms with E-state index in [0.29, 0.717) is 18.3 Å². The van der Waals surface area contributed by atoms with E-state index in [0.717, 1.165) is 12.0 Å². The van der Waals surface area contributed by atoms with Crippen LogP contribution in [0.4, 0.5) is 0 Å². The number of ether oxygens (including phenoxy) is 2. The van der Waals surface area contributed by atoms with E-state index in [-0.39, 0.29) is 6.10 Å². The normalized spacial score (nSPS) is 14.6. The van der Waals surface area contributed by atoms with Gasteiger partial charge in [0.15, 0.2) is 0 Å². The zero-order chi connectivity index (χ0) is 13.5. The Morgan fingerprint density at radius 1 is 1.17 bits per heavy atom. The molecule has 1 aromatic carbocycles. The summed E-state index contributed by atoms with van der Waals surface area (Å²) in [5, 5.41) is 10.1. The minimum Gasteiger partial charge on any atom is -0.496 e. The van der Waals surface area contributed by atoms with Gasteiger partial charge < -0.3 is 14.6 Å². The number of aliphatic hydroxyl groups excluding tert-OH is 1. The topological polar surface area (TPSA) is 38.7 Å². The molecule has 2 atom stereocenters. The van der Waals surface area contributed by atoms with Gasteiger partial charge in [-0.2, -0.15) is 0 Å². The molecule has 3 heteroatoms. The molecule has 0 heterocycles. The molecule has 0 spiro atoms. The van der Waals surface area contributed by atoms with Gasteiger partial charge in [-0.25, -0.2) is 0 Å². The van der Waals surface area contributed by atoms with Crippen LogP contribution in [0.15, 0.2) is 24.3 Å². The van der Waals surface area contributed by atoms with E-state index in [9.17, 15) is 5.11 Å². The first-order chi connectivity index (χ1) is 8.54. The highest BCUT2D eigenvalue weighted by atomic mass is 16.5. The predicted octanol–water partition coefficient (Wildman–Crippen LogP) is 3.18. The van der Waals surface area contributed by atoms with Crippen LogP contribution >= 0.6 is 0 Å². The quantitative estimate of drug-likeness (QED) is 0.810. The minimum atomic E-state index is -0.643. The molecular weight excluding hydrogens is 228 g/mol. The summed E-state index contributed by atoms with van der Waals surface area (Å²) >= 11 is 0. The molecule has 3 nitrogen and oxygen atoms in total. The highest BCUT2D eigenvalue weighted by molar-refractivity contribution is 5.34. The first-order valence-corrected chi connectivity index (χ1v) is 6.47. The third-order valence-corrected chi connectivity index (χ3v) is 2.84. The Labute approximate surface area is 110 Å². The monoisotopic (exact) mass is 252 g/mol. The Morgan fingerprint density at radius 3 is 2.44 bits per heavy atom. The van der Waals surface area contributed by atoms with Crippen LogP contribution in [-0.2, 0) is 4.74 Å². The van der Waals surface area contributed by atoms with Crippen LogP contribution in [0.25, 0.3) is 0 Å². The second kappa shape index (κ2) is 7.39. The molecular formula is C15H24O3. The van der Waals surface area contributed by atoms with Gasteiger partial charge in [-0.15, -0.1) is 0 Å². The van der Waals surface area contributed by atoms with Gasteiger partial charge in [-0.3, -0.25) is 0 Å². The summed E-state index contributed by atoms with van der Waals surface area (Å²) in [6, 6.07) is 7.48. The molecule has 1 rings (SSSR count). The smallest absolute Gasteiger partial charge is 0.124 e. The molecule has 2 unspecified atom stereocenters. The standard InChI is InChI=1S/C15H24O3/c1-11(2)9-12(3)18-10-14(16)13-7-5-6-8-15(13)17-4/h5-8,11-12,14,16H,9-10H2,1-4H3. The van der Waals surface area contributed by atoms with Crippen LogP contribution in [0.3, 0.4) is 0 Å². The van der Waals surface area contributed by atoms with Crippen molar-refractivity contribution in [3.8, 4) is 5.75 Å². The van der Waals surface area contributed by atoms with E-state index < -0.39 is 6.10 Å². The number of rotatable bonds is 7. The van der Waals surface area contributed by atoms with Crippen molar-refractivity contribution in [1.82, 2.24) is 0 Å². The number of methoxy groups -OCH3 is 1. The Balaban J connectivity index is 2.52. The number of aliphatic hydroxyl groups is 1. The number of benzene rings is 1. The van der Waals surface area contributed by atoms with E-state index in [2.05, 4.69) is 13.8 Å². The lowest BCUT2D eigenvalue weighted by atomic mass is 10.1. The molecule has 102 valence electrons. The molecule has 1 aromatic rings. The molecule has 0 bridgehead atoms. The first kappa shape index (κ1) is 15.0. The van der Waals surface area contributed by atoms with E-state index in [4.69, 9.17) is 9.47 Å². The molecule has 0 aliphatic heterocycles. The molecule has 0 fully saturated rings. The molecule has 0 aromatic heterocycles. The van der Waals surface area contributed by atoms with Crippen LogP contribution in [-0.4, -0.2) is 24.9 Å². The van der Waals surface area contributed by atoms with Gasteiger partial charge in [0.2, 0.25) is 0 Å². The summed E-state index contributed by atoms with van der Waals surface area (Å²) in [4.78, 5) is 0. The second-order valence-corrected chi connectivity index (χ2v) is 5.03. The van der Waals surface area contributed by atoms with Crippen LogP contribution in [0.1, 0.15) is 38.9 Å². The summed E-state index contributed by atoms with van der Waals surface area (Å²) in [5.74, 6) is 1.30. The van der Waals surface area contributed by atoms with Crippen molar-refractivity contribution in [2.24, 2.45) is 5.92 Å². The largest absolute Gasteiger partial charge is 0.496 e. The van der Waals surface area contributed by atoms with Crippen molar-refractivity contribution in [2.45, 2.75) is 39.4 Å². The van der Waals surface area contributed by atoms with Crippen molar-refractivity contribution < 1.29 is 14.6 Å². The lowest BCUT2D eigenvalue weighted by Crippen LogP contribution is -2.16. The highest BCUT2D eigenvalue weighted by Gasteiger charge is 2.14. The molecule has 0 aliphatic carbocycles. The van der Waals surface area contributed by atoms with Crippen LogP contribution in [0, 0.1) is 5.92 Å². The minimum absolute atomic E-state index is 0.161. The highest BCUT2D eigenvalue weighted by Crippen LogP contribution is 2.25. The van der Waals surface area contributed by atoms with E-state index >= 15 is 0 Å². The van der Waals surface area contributed by atoms with Crippen molar-refractivity contribution in [3.63, 3.8) is 0 Å². The lowest BCUT2D eigenvalue weighted by molar-refractivity contribution is -0.0108. The third kappa shape index (κ3) is 4.67. The average molecular weight is 252 g/mol. The molecule has 0 radical (unpaired) electrons. The van der Waals surface area contributed by atoms with E-state index in [1.165, 1.54) is 0 Å². The Morgan fingerprint density at radius 2 is 1.83 bits per heavy atom. The first-order valence-electron chi connectivity index (χ1n) is 6.47. The summed E-state index contributed by atoms with van der Waals surface area (Å²) in [7, 11) is 1.60. The molecule has 18 heavy (non-hydrogen) atoms. The zero-order valence-electron chi connectivity index (χ0n) is 11.7. The van der Waals surface area contributed by atoms with Crippen LogP contribution in [0.5, 0.6) is 5.75 Å². The molecule has 0 saturated carbocycles. The summed E-state index contributed by atoms with van der Waals surface area (Å²) < 4.78 is 10.9. The van der Waals surface area contributed by atoms with Crippen molar-refractivity contribution >= 4 is 0 Å². The number of para-hydroxylation sites is 1. The van der Waals surface area contributed by atoms with Crippen molar-refractivity contribution in [2.75, 3.05) is 13.7 Å². The predicted molar refractivity (Wildman–Crippen MR) is 72.8 cm³/mol. The second-order valence-electron chi connectivity index (χ2n) is 5.03. The van der Waals surface area contributed by atoms with Gasteiger partial charge in [0, 0.05) is 5.56 Å². The number of hydrogen-bond donors (Lipinski definition) is 1. The maximum absolute atomic E-state index is 10.1. The molecule has 0 amide bonds. The molecule has 0 aliphatic rings. The summed E-state index contributed by atoms with van der Waals surface area (Å²) in [5.41, 5.74) is 0.775. The molecule has 0 saturated heterocycles. The zero-order valence-corrected chi connectivity index (χ0v) is 11.7. The SMILES string of the molecule is COc1ccccc1C(O)COC(C)CC(C)C. The van der Waals surface area contributed by atoms with Crippen LogP contribution < -0.4 is 4.74 Å². The third-order valence-electron chi connectivity index (χ3n) is 2.84. The Hall–Kier alpha value is -1.06. The van der Waals surface area contributed by atoms with Gasteiger partial charge in [-0.05, 0) is 25.3 Å². The fraction of sp³-hybridized carbons (Fsp3) is 0.600. The maximum atomic E-state index is 10.1. The van der Waals surface area contributed by atoms with Gasteiger partial charge in [0.1, 0.15) is 11.9 Å². The van der Waals surface area contributed by atoms with Gasteiger partial charge in [-0.1, -0.05) is 32.0 Å². The van der Waals surface area contributed by atoms with Gasteiger partial charge >= 0.3 is 0 Å². The fourth-order valence-corrected chi connectivity index (χ4v) is 2.02. The van der Waals surface area contributed by atoms with Gasteiger partial charge in [0.25, 0.3) is 0 Å². The Bertz CT molecular complexity index is 349. The maximum Gasteiger partial charge on any atom is 0.124 e. The van der Waals surface area contributed by atoms with Gasteiger partial charge in [0.05, 0.1) is 19.8 Å². The van der Waals surface area contributed by atoms with E-state index in [1.54, 1.807) is 7.11 Å². The summed E-state index contributed by atoms with van der Waals surface area (Å²) in [6.45, 7) is 6.66. The summed E-state index contributed by atoms with van der Waals surface area (Å²) in [6.07, 6.45) is 0.517. The lowest BCUT2D eigenvalue weighted by Gasteiger charge is -2.19. The number of hydrogen-bond acceptors (Lipinski definition) is 3. The van der Waals surface area contributed by atoms with Crippen molar-refractivity contribution in [1.29, 1.82) is 0 Å². The van der Waals surface area contributed by atoms with Crippen molar-refractivity contribution in [3.05, 3.63) is 29.8 Å². The fourth-order valence-electron chi connectivity index (χ4n) is 2.02.